The molecule has 0 saturated heterocycles. The summed E-state index contributed by atoms with van der Waals surface area (Å²) in [5.41, 5.74) is 2.68. The van der Waals surface area contributed by atoms with Gasteiger partial charge in [-0.1, -0.05) is 54.1 Å². The molecule has 1 unspecified atom stereocenters. The van der Waals surface area contributed by atoms with E-state index in [2.05, 4.69) is 5.32 Å². The van der Waals surface area contributed by atoms with Gasteiger partial charge in [-0.2, -0.15) is 0 Å². The Morgan fingerprint density at radius 2 is 1.65 bits per heavy atom. The van der Waals surface area contributed by atoms with Gasteiger partial charge in [0.05, 0.1) is 17.1 Å². The number of halogens is 1. The minimum atomic E-state index is -0.442. The molecule has 1 atom stereocenters. The van der Waals surface area contributed by atoms with Crippen LogP contribution in [0.15, 0.2) is 78.9 Å². The molecule has 1 heterocycles. The molecule has 0 bridgehead atoms. The van der Waals surface area contributed by atoms with E-state index in [0.29, 0.717) is 23.1 Å². The van der Waals surface area contributed by atoms with Crippen molar-refractivity contribution >= 4 is 34.4 Å². The normalized spacial score (nSPS) is 11.9. The smallest absolute Gasteiger partial charge is 0.258 e. The van der Waals surface area contributed by atoms with Gasteiger partial charge in [-0.25, -0.2) is 4.98 Å². The van der Waals surface area contributed by atoms with Gasteiger partial charge >= 0.3 is 0 Å². The Balaban J connectivity index is 1.51. The van der Waals surface area contributed by atoms with E-state index >= 15 is 0 Å². The fraction of sp³-hybridized carbons (Fsp3) is 0.276. The van der Waals surface area contributed by atoms with Crippen LogP contribution in [0.5, 0.6) is 5.75 Å². The first-order valence-corrected chi connectivity index (χ1v) is 12.7. The van der Waals surface area contributed by atoms with Crippen molar-refractivity contribution in [1.82, 2.24) is 19.8 Å². The Morgan fingerprint density at radius 3 is 2.35 bits per heavy atom. The molecule has 0 aliphatic rings. The van der Waals surface area contributed by atoms with Crippen LogP contribution in [0.25, 0.3) is 11.0 Å². The third-order valence-electron chi connectivity index (χ3n) is 6.07. The van der Waals surface area contributed by atoms with Crippen molar-refractivity contribution in [2.24, 2.45) is 0 Å². The highest BCUT2D eigenvalue weighted by atomic mass is 35.5. The van der Waals surface area contributed by atoms with Crippen molar-refractivity contribution in [3.8, 4) is 5.75 Å². The molecule has 192 valence electrons. The topological polar surface area (TPSA) is 76.5 Å². The number of carbonyl (C=O) groups excluding carboxylic acids is 2. The first-order chi connectivity index (χ1) is 17.8. The fourth-order valence-corrected chi connectivity index (χ4v) is 4.31. The van der Waals surface area contributed by atoms with Crippen LogP contribution in [-0.4, -0.2) is 38.9 Å². The monoisotopic (exact) mass is 518 g/mol. The number of carbonyl (C=O) groups is 2. The van der Waals surface area contributed by atoms with Crippen LogP contribution in [0.4, 0.5) is 0 Å². The number of ether oxygens (including phenoxy) is 1. The van der Waals surface area contributed by atoms with Crippen molar-refractivity contribution < 1.29 is 14.3 Å². The van der Waals surface area contributed by atoms with Gasteiger partial charge in [-0.3, -0.25) is 9.59 Å². The Labute approximate surface area is 222 Å². The highest BCUT2D eigenvalue weighted by Crippen LogP contribution is 2.22. The van der Waals surface area contributed by atoms with Gasteiger partial charge in [-0.05, 0) is 62.7 Å². The van der Waals surface area contributed by atoms with E-state index in [1.165, 1.54) is 0 Å². The van der Waals surface area contributed by atoms with Crippen molar-refractivity contribution in [2.75, 3.05) is 6.61 Å². The molecule has 8 heteroatoms. The lowest BCUT2D eigenvalue weighted by Crippen LogP contribution is -2.39. The lowest BCUT2D eigenvalue weighted by molar-refractivity contribution is -0.134. The van der Waals surface area contributed by atoms with Crippen molar-refractivity contribution in [3.05, 3.63) is 95.3 Å². The molecule has 7 nitrogen and oxygen atoms in total. The molecule has 1 aromatic heterocycles. The number of benzene rings is 3. The number of nitrogens with one attached hydrogen (secondary N) is 1. The molecule has 0 saturated carbocycles. The van der Waals surface area contributed by atoms with E-state index in [4.69, 9.17) is 21.3 Å². The Morgan fingerprint density at radius 1 is 0.973 bits per heavy atom. The summed E-state index contributed by atoms with van der Waals surface area (Å²) in [7, 11) is 0. The third kappa shape index (κ3) is 6.68. The van der Waals surface area contributed by atoms with Gasteiger partial charge in [0.15, 0.2) is 6.61 Å². The first-order valence-electron chi connectivity index (χ1n) is 12.3. The molecule has 2 amide bonds. The maximum Gasteiger partial charge on any atom is 0.258 e. The molecule has 37 heavy (non-hydrogen) atoms. The molecule has 0 aliphatic carbocycles. The first kappa shape index (κ1) is 26.2. The van der Waals surface area contributed by atoms with Crippen LogP contribution < -0.4 is 10.1 Å². The highest BCUT2D eigenvalue weighted by molar-refractivity contribution is 6.30. The number of amides is 2. The van der Waals surface area contributed by atoms with Gasteiger partial charge < -0.3 is 19.5 Å². The van der Waals surface area contributed by atoms with E-state index in [1.54, 1.807) is 24.3 Å². The average Bonchev–Trinajstić information content (AvgIpc) is 3.25. The quantitative estimate of drug-likeness (QED) is 0.305. The number of hydrogen-bond acceptors (Lipinski definition) is 4. The maximum atomic E-state index is 13.5. The Bertz CT molecular complexity index is 1350. The minimum Gasteiger partial charge on any atom is -0.484 e. The zero-order valence-corrected chi connectivity index (χ0v) is 22.0. The molecule has 4 aromatic rings. The molecule has 4 rings (SSSR count). The van der Waals surface area contributed by atoms with E-state index in [1.807, 2.05) is 84.8 Å². The average molecular weight is 519 g/mol. The zero-order valence-electron chi connectivity index (χ0n) is 21.2. The summed E-state index contributed by atoms with van der Waals surface area (Å²) in [6.07, 6.45) is 0. The van der Waals surface area contributed by atoms with Crippen LogP contribution in [0.3, 0.4) is 0 Å². The Hall–Kier alpha value is -3.84. The van der Waals surface area contributed by atoms with Crippen LogP contribution in [0, 0.1) is 0 Å². The predicted molar refractivity (Wildman–Crippen MR) is 145 cm³/mol. The molecule has 0 radical (unpaired) electrons. The van der Waals surface area contributed by atoms with Gasteiger partial charge in [-0.15, -0.1) is 0 Å². The molecule has 0 spiro atoms. The van der Waals surface area contributed by atoms with Gasteiger partial charge in [0, 0.05) is 17.6 Å². The minimum absolute atomic E-state index is 0.0205. The predicted octanol–water partition coefficient (Wildman–Crippen LogP) is 5.38. The number of fused-ring (bicyclic) bond motifs is 1. The lowest BCUT2D eigenvalue weighted by Gasteiger charge is -2.28. The molecular formula is C29H31ClN4O3. The van der Waals surface area contributed by atoms with Gasteiger partial charge in [0.25, 0.3) is 5.91 Å². The second kappa shape index (κ2) is 11.9. The number of imidazole rings is 1. The van der Waals surface area contributed by atoms with Crippen LogP contribution in [0.2, 0.25) is 5.02 Å². The van der Waals surface area contributed by atoms with Crippen LogP contribution >= 0.6 is 11.6 Å². The Kier molecular flexibility index (Phi) is 8.46. The van der Waals surface area contributed by atoms with E-state index in [9.17, 15) is 9.59 Å². The third-order valence-corrected chi connectivity index (χ3v) is 6.32. The number of aromatic nitrogens is 2. The summed E-state index contributed by atoms with van der Waals surface area (Å²) in [5, 5.41) is 3.54. The molecule has 0 fully saturated rings. The lowest BCUT2D eigenvalue weighted by atomic mass is 10.2. The van der Waals surface area contributed by atoms with E-state index in [0.717, 1.165) is 16.6 Å². The summed E-state index contributed by atoms with van der Waals surface area (Å²) in [6, 6.07) is 24.0. The molecule has 0 aliphatic heterocycles. The highest BCUT2D eigenvalue weighted by Gasteiger charge is 2.23. The summed E-state index contributed by atoms with van der Waals surface area (Å²) >= 11 is 5.90. The van der Waals surface area contributed by atoms with Crippen molar-refractivity contribution in [3.63, 3.8) is 0 Å². The number of hydrogen-bond donors (Lipinski definition) is 1. The molecule has 1 N–H and O–H groups in total. The van der Waals surface area contributed by atoms with E-state index in [-0.39, 0.29) is 31.0 Å². The second-order valence-electron chi connectivity index (χ2n) is 9.18. The maximum absolute atomic E-state index is 13.5. The summed E-state index contributed by atoms with van der Waals surface area (Å²) in [6.45, 7) is 6.36. The fourth-order valence-electron chi connectivity index (χ4n) is 4.18. The zero-order chi connectivity index (χ0) is 26.4. The summed E-state index contributed by atoms with van der Waals surface area (Å²) < 4.78 is 7.46. The number of nitrogens with zero attached hydrogens (tertiary/aromatic N) is 3. The molecular weight excluding hydrogens is 488 g/mol. The van der Waals surface area contributed by atoms with Crippen molar-refractivity contribution in [2.45, 2.75) is 45.9 Å². The SMILES string of the molecule is CC(NC(=O)COc1ccc(Cl)cc1)c1nc2ccccc2n1CC(=O)N(Cc1ccccc1)C(C)C. The number of rotatable bonds is 10. The second-order valence-corrected chi connectivity index (χ2v) is 9.61. The van der Waals surface area contributed by atoms with Crippen LogP contribution in [0.1, 0.15) is 38.2 Å². The van der Waals surface area contributed by atoms with Crippen LogP contribution in [-0.2, 0) is 22.7 Å². The largest absolute Gasteiger partial charge is 0.484 e. The van der Waals surface area contributed by atoms with Gasteiger partial charge in [0.1, 0.15) is 18.1 Å². The summed E-state index contributed by atoms with van der Waals surface area (Å²) in [4.78, 5) is 32.8. The molecule has 3 aromatic carbocycles. The van der Waals surface area contributed by atoms with Gasteiger partial charge in [0.2, 0.25) is 5.91 Å². The van der Waals surface area contributed by atoms with E-state index < -0.39 is 6.04 Å². The van der Waals surface area contributed by atoms with Crippen molar-refractivity contribution in [1.29, 1.82) is 0 Å². The number of para-hydroxylation sites is 2. The standard InChI is InChI=1S/C29H31ClN4O3/c1-20(2)33(17-22-9-5-4-6-10-22)28(36)18-34-26-12-8-7-11-25(26)32-29(34)21(3)31-27(35)19-37-24-15-13-23(30)14-16-24/h4-16,20-21H,17-19H2,1-3H3,(H,31,35). The summed E-state index contributed by atoms with van der Waals surface area (Å²) in [5.74, 6) is 0.850.